The van der Waals surface area contributed by atoms with Crippen LogP contribution >= 0.6 is 12.2 Å². The predicted octanol–water partition coefficient (Wildman–Crippen LogP) is 1.27. The maximum absolute atomic E-state index is 12.3. The number of hydrogen-bond acceptors (Lipinski definition) is 5. The number of rotatable bonds is 5. The number of thiocarbonyl (C=S) groups is 1. The molecule has 0 aliphatic heterocycles. The van der Waals surface area contributed by atoms with Crippen LogP contribution in [-0.4, -0.2) is 47.8 Å². The molecule has 0 spiro atoms. The molecule has 1 aromatic heterocycles. The summed E-state index contributed by atoms with van der Waals surface area (Å²) in [6.45, 7) is 3.10. The first-order chi connectivity index (χ1) is 11.0. The highest BCUT2D eigenvalue weighted by Gasteiger charge is 2.13. The average Bonchev–Trinajstić information content (AvgIpc) is 2.57. The van der Waals surface area contributed by atoms with Crippen molar-refractivity contribution in [3.63, 3.8) is 0 Å². The number of aromatic nitrogens is 2. The summed E-state index contributed by atoms with van der Waals surface area (Å²) in [6.07, 6.45) is 0. The topological polar surface area (TPSA) is 79.5 Å². The standard InChI is InChI=1S/C15H20N4O3S/c1-5-19(15(23)16-2)8-13-17-10-7-12(22-4)11(21-3)6-9(10)14(20)18-13/h6-7H,5,8H2,1-4H3,(H,16,23)(H,17,18,20). The minimum Gasteiger partial charge on any atom is -0.493 e. The quantitative estimate of drug-likeness (QED) is 0.796. The van der Waals surface area contributed by atoms with Crippen LogP contribution in [0.25, 0.3) is 10.9 Å². The minimum atomic E-state index is -0.225. The molecule has 0 amide bonds. The fraction of sp³-hybridized carbons (Fsp3) is 0.400. The van der Waals surface area contributed by atoms with E-state index in [9.17, 15) is 4.79 Å². The summed E-state index contributed by atoms with van der Waals surface area (Å²) in [7, 11) is 4.83. The van der Waals surface area contributed by atoms with Crippen LogP contribution in [0.3, 0.4) is 0 Å². The normalized spacial score (nSPS) is 10.4. The van der Waals surface area contributed by atoms with E-state index in [1.807, 2.05) is 11.8 Å². The Kier molecular flexibility index (Phi) is 5.38. The molecule has 124 valence electrons. The van der Waals surface area contributed by atoms with Crippen LogP contribution in [0.1, 0.15) is 12.7 Å². The smallest absolute Gasteiger partial charge is 0.258 e. The highest BCUT2D eigenvalue weighted by atomic mass is 32.1. The van der Waals surface area contributed by atoms with Gasteiger partial charge in [-0.1, -0.05) is 0 Å². The second-order valence-electron chi connectivity index (χ2n) is 4.81. The third-order valence-corrected chi connectivity index (χ3v) is 3.95. The Balaban J connectivity index is 2.48. The first-order valence-corrected chi connectivity index (χ1v) is 7.56. The fourth-order valence-electron chi connectivity index (χ4n) is 2.26. The monoisotopic (exact) mass is 336 g/mol. The maximum atomic E-state index is 12.3. The van der Waals surface area contributed by atoms with Crippen molar-refractivity contribution in [3.05, 3.63) is 28.3 Å². The third kappa shape index (κ3) is 3.53. The summed E-state index contributed by atoms with van der Waals surface area (Å²) in [5.41, 5.74) is 0.324. The minimum absolute atomic E-state index is 0.225. The van der Waals surface area contributed by atoms with Gasteiger partial charge in [-0.15, -0.1) is 0 Å². The predicted molar refractivity (Wildman–Crippen MR) is 93.2 cm³/mol. The summed E-state index contributed by atoms with van der Waals surface area (Å²) in [5, 5.41) is 3.97. The molecule has 0 saturated heterocycles. The van der Waals surface area contributed by atoms with Crippen molar-refractivity contribution in [1.82, 2.24) is 20.2 Å². The van der Waals surface area contributed by atoms with Crippen molar-refractivity contribution in [1.29, 1.82) is 0 Å². The summed E-state index contributed by atoms with van der Waals surface area (Å²) >= 11 is 5.23. The van der Waals surface area contributed by atoms with Gasteiger partial charge in [0.1, 0.15) is 5.82 Å². The van der Waals surface area contributed by atoms with Gasteiger partial charge in [0.25, 0.3) is 5.56 Å². The van der Waals surface area contributed by atoms with E-state index in [0.29, 0.717) is 46.4 Å². The van der Waals surface area contributed by atoms with Crippen LogP contribution in [0.2, 0.25) is 0 Å². The Morgan fingerprint density at radius 2 is 2.00 bits per heavy atom. The largest absolute Gasteiger partial charge is 0.493 e. The molecule has 0 aliphatic rings. The van der Waals surface area contributed by atoms with Crippen LogP contribution in [0.5, 0.6) is 11.5 Å². The average molecular weight is 336 g/mol. The molecule has 23 heavy (non-hydrogen) atoms. The maximum Gasteiger partial charge on any atom is 0.258 e. The number of aromatic amines is 1. The molecule has 0 atom stereocenters. The molecular formula is C15H20N4O3S. The van der Waals surface area contributed by atoms with E-state index < -0.39 is 0 Å². The van der Waals surface area contributed by atoms with Gasteiger partial charge in [-0.3, -0.25) is 4.79 Å². The van der Waals surface area contributed by atoms with Crippen molar-refractivity contribution >= 4 is 28.2 Å². The zero-order valence-corrected chi connectivity index (χ0v) is 14.4. The van der Waals surface area contributed by atoms with Gasteiger partial charge >= 0.3 is 0 Å². The number of fused-ring (bicyclic) bond motifs is 1. The van der Waals surface area contributed by atoms with E-state index in [-0.39, 0.29) is 5.56 Å². The second-order valence-corrected chi connectivity index (χ2v) is 5.19. The summed E-state index contributed by atoms with van der Waals surface area (Å²) in [6, 6.07) is 3.32. The molecule has 0 radical (unpaired) electrons. The van der Waals surface area contributed by atoms with Gasteiger partial charge in [-0.25, -0.2) is 4.98 Å². The number of nitrogens with zero attached hydrogens (tertiary/aromatic N) is 2. The molecule has 2 aromatic rings. The number of nitrogens with one attached hydrogen (secondary N) is 2. The Morgan fingerprint density at radius 1 is 1.35 bits per heavy atom. The van der Waals surface area contributed by atoms with Gasteiger partial charge in [0, 0.05) is 19.7 Å². The molecule has 2 rings (SSSR count). The Labute approximate surface area is 139 Å². The van der Waals surface area contributed by atoms with Gasteiger partial charge in [0.2, 0.25) is 0 Å². The van der Waals surface area contributed by atoms with Crippen LogP contribution in [0.15, 0.2) is 16.9 Å². The summed E-state index contributed by atoms with van der Waals surface area (Å²) in [4.78, 5) is 21.5. The zero-order chi connectivity index (χ0) is 17.0. The number of H-pyrrole nitrogens is 1. The van der Waals surface area contributed by atoms with Crippen molar-refractivity contribution in [2.75, 3.05) is 27.8 Å². The first-order valence-electron chi connectivity index (χ1n) is 7.15. The highest BCUT2D eigenvalue weighted by Crippen LogP contribution is 2.29. The van der Waals surface area contributed by atoms with Crippen molar-refractivity contribution in [2.45, 2.75) is 13.5 Å². The lowest BCUT2D eigenvalue weighted by molar-refractivity contribution is 0.355. The van der Waals surface area contributed by atoms with Gasteiger partial charge in [-0.2, -0.15) is 0 Å². The van der Waals surface area contributed by atoms with Gasteiger partial charge in [0.15, 0.2) is 16.6 Å². The lowest BCUT2D eigenvalue weighted by Gasteiger charge is -2.22. The molecule has 1 aromatic carbocycles. The molecule has 8 heteroatoms. The summed E-state index contributed by atoms with van der Waals surface area (Å²) < 4.78 is 10.5. The molecule has 0 saturated carbocycles. The first kappa shape index (κ1) is 17.0. The lowest BCUT2D eigenvalue weighted by atomic mass is 10.2. The van der Waals surface area contributed by atoms with Crippen LogP contribution in [-0.2, 0) is 6.54 Å². The zero-order valence-electron chi connectivity index (χ0n) is 13.6. The van der Waals surface area contributed by atoms with Gasteiger partial charge < -0.3 is 24.7 Å². The third-order valence-electron chi connectivity index (χ3n) is 3.48. The van der Waals surface area contributed by atoms with E-state index >= 15 is 0 Å². The molecule has 2 N–H and O–H groups in total. The van der Waals surface area contributed by atoms with Crippen molar-refractivity contribution < 1.29 is 9.47 Å². The number of ether oxygens (including phenoxy) is 2. The highest BCUT2D eigenvalue weighted by molar-refractivity contribution is 7.80. The molecule has 0 aliphatic carbocycles. The Bertz CT molecular complexity index is 775. The Morgan fingerprint density at radius 3 is 2.57 bits per heavy atom. The number of hydrogen-bond donors (Lipinski definition) is 2. The number of benzene rings is 1. The van der Waals surface area contributed by atoms with Crippen LogP contribution in [0.4, 0.5) is 0 Å². The van der Waals surface area contributed by atoms with Crippen molar-refractivity contribution in [3.8, 4) is 11.5 Å². The van der Waals surface area contributed by atoms with Gasteiger partial charge in [-0.05, 0) is 25.2 Å². The van der Waals surface area contributed by atoms with E-state index in [4.69, 9.17) is 21.7 Å². The van der Waals surface area contributed by atoms with Gasteiger partial charge in [0.05, 0.1) is 31.7 Å². The van der Waals surface area contributed by atoms with E-state index in [1.165, 1.54) is 7.11 Å². The summed E-state index contributed by atoms with van der Waals surface area (Å²) in [5.74, 6) is 1.56. The second kappa shape index (κ2) is 7.28. The molecule has 0 fully saturated rings. The molecule has 7 nitrogen and oxygen atoms in total. The van der Waals surface area contributed by atoms with E-state index in [0.717, 1.165) is 0 Å². The van der Waals surface area contributed by atoms with E-state index in [2.05, 4.69) is 15.3 Å². The molecule has 1 heterocycles. The number of methoxy groups -OCH3 is 2. The lowest BCUT2D eigenvalue weighted by Crippen LogP contribution is -2.38. The Hall–Kier alpha value is -2.35. The molecule has 0 unspecified atom stereocenters. The van der Waals surface area contributed by atoms with Crippen molar-refractivity contribution in [2.24, 2.45) is 0 Å². The van der Waals surface area contributed by atoms with Crippen LogP contribution < -0.4 is 20.3 Å². The SMILES string of the molecule is CCN(Cc1nc2cc(OC)c(OC)cc2c(=O)[nH]1)C(=S)NC. The van der Waals surface area contributed by atoms with Crippen LogP contribution in [0, 0.1) is 0 Å². The fourth-order valence-corrected chi connectivity index (χ4v) is 2.45. The molecule has 0 bridgehead atoms. The van der Waals surface area contributed by atoms with E-state index in [1.54, 1.807) is 26.3 Å². The molecular weight excluding hydrogens is 316 g/mol.